The van der Waals surface area contributed by atoms with Gasteiger partial charge in [-0.25, -0.2) is 4.79 Å². The van der Waals surface area contributed by atoms with Gasteiger partial charge in [0.25, 0.3) is 0 Å². The molecule has 18 heavy (non-hydrogen) atoms. The van der Waals surface area contributed by atoms with Gasteiger partial charge in [0.05, 0.1) is 0 Å². The summed E-state index contributed by atoms with van der Waals surface area (Å²) in [6.45, 7) is 1.41. The molecule has 0 aliphatic heterocycles. The number of anilines is 2. The Morgan fingerprint density at radius 2 is 2.17 bits per heavy atom. The lowest BCUT2D eigenvalue weighted by molar-refractivity contribution is -0.114. The van der Waals surface area contributed by atoms with E-state index in [0.29, 0.717) is 17.1 Å². The molecule has 0 saturated carbocycles. The Labute approximate surface area is 102 Å². The molecule has 1 aromatic heterocycles. The average molecular weight is 245 g/mol. The molecule has 0 atom stereocenters. The van der Waals surface area contributed by atoms with E-state index in [0.717, 1.165) is 0 Å². The summed E-state index contributed by atoms with van der Waals surface area (Å²) in [5.74, 6) is 0.0289. The molecule has 0 radical (unpaired) electrons. The summed E-state index contributed by atoms with van der Waals surface area (Å²) < 4.78 is 0. The topological polar surface area (TPSA) is 114 Å². The Balaban J connectivity index is 2.44. The number of rotatable bonds is 2. The Morgan fingerprint density at radius 3 is 2.83 bits per heavy atom. The van der Waals surface area contributed by atoms with Crippen LogP contribution in [0.5, 0.6) is 0 Å². The Kier molecular flexibility index (Phi) is 3.05. The Bertz CT molecular complexity index is 650. The molecule has 0 aliphatic rings. The average Bonchev–Trinajstić information content (AvgIpc) is 2.27. The van der Waals surface area contributed by atoms with Crippen LogP contribution in [0.1, 0.15) is 6.92 Å². The molecule has 0 spiro atoms. The van der Waals surface area contributed by atoms with Gasteiger partial charge in [-0.15, -0.1) is 0 Å². The SMILES string of the molecule is CC(=O)Nc1cccc(-c2nc(N)nc(=O)[nH]2)c1. The van der Waals surface area contributed by atoms with Gasteiger partial charge in [-0.2, -0.15) is 9.97 Å². The molecule has 1 heterocycles. The fourth-order valence-electron chi connectivity index (χ4n) is 1.49. The van der Waals surface area contributed by atoms with Crippen molar-refractivity contribution >= 4 is 17.5 Å². The smallest absolute Gasteiger partial charge is 0.349 e. The standard InChI is InChI=1S/C11H11N5O2/c1-6(17)13-8-4-2-3-7(5-8)9-14-10(12)16-11(18)15-9/h2-5H,1H3,(H,13,17)(H3,12,14,15,16,18). The molecule has 0 bridgehead atoms. The number of amides is 1. The van der Waals surface area contributed by atoms with Crippen LogP contribution in [0, 0.1) is 0 Å². The number of carbonyl (C=O) groups is 1. The number of nitrogens with one attached hydrogen (secondary N) is 2. The highest BCUT2D eigenvalue weighted by atomic mass is 16.1. The Hall–Kier alpha value is -2.70. The van der Waals surface area contributed by atoms with Crippen LogP contribution in [0.25, 0.3) is 11.4 Å². The van der Waals surface area contributed by atoms with Crippen molar-refractivity contribution in [2.45, 2.75) is 6.92 Å². The van der Waals surface area contributed by atoms with Crippen LogP contribution >= 0.6 is 0 Å². The van der Waals surface area contributed by atoms with E-state index in [4.69, 9.17) is 5.73 Å². The van der Waals surface area contributed by atoms with Crippen molar-refractivity contribution in [3.8, 4) is 11.4 Å². The van der Waals surface area contributed by atoms with Crippen LogP contribution in [0.2, 0.25) is 0 Å². The van der Waals surface area contributed by atoms with Crippen LogP contribution in [0.4, 0.5) is 11.6 Å². The van der Waals surface area contributed by atoms with Gasteiger partial charge in [0, 0.05) is 18.2 Å². The molecule has 0 saturated heterocycles. The van der Waals surface area contributed by atoms with Gasteiger partial charge in [-0.1, -0.05) is 12.1 Å². The van der Waals surface area contributed by atoms with Gasteiger partial charge < -0.3 is 11.1 Å². The van der Waals surface area contributed by atoms with Gasteiger partial charge in [-0.3, -0.25) is 9.78 Å². The maximum absolute atomic E-state index is 11.2. The molecular formula is C11H11N5O2. The summed E-state index contributed by atoms with van der Waals surface area (Å²) in [5.41, 5.74) is 6.08. The number of nitrogen functional groups attached to an aromatic ring is 1. The van der Waals surface area contributed by atoms with Crippen molar-refractivity contribution in [2.75, 3.05) is 11.1 Å². The minimum atomic E-state index is -0.567. The molecule has 0 aliphatic carbocycles. The van der Waals surface area contributed by atoms with E-state index in [2.05, 4.69) is 20.3 Å². The van der Waals surface area contributed by atoms with Gasteiger partial charge in [0.15, 0.2) is 0 Å². The third kappa shape index (κ3) is 2.70. The van der Waals surface area contributed by atoms with Gasteiger partial charge in [0.1, 0.15) is 5.82 Å². The molecule has 2 rings (SSSR count). The first-order valence-corrected chi connectivity index (χ1v) is 5.16. The molecule has 92 valence electrons. The zero-order valence-corrected chi connectivity index (χ0v) is 9.60. The number of aromatic amines is 1. The fourth-order valence-corrected chi connectivity index (χ4v) is 1.49. The number of H-pyrrole nitrogens is 1. The van der Waals surface area contributed by atoms with Crippen LogP contribution < -0.4 is 16.7 Å². The van der Waals surface area contributed by atoms with E-state index in [1.54, 1.807) is 24.3 Å². The predicted molar refractivity (Wildman–Crippen MR) is 66.8 cm³/mol. The highest BCUT2D eigenvalue weighted by molar-refractivity contribution is 5.89. The highest BCUT2D eigenvalue weighted by Gasteiger charge is 2.04. The normalized spacial score (nSPS) is 10.1. The number of hydrogen-bond acceptors (Lipinski definition) is 5. The van der Waals surface area contributed by atoms with Crippen LogP contribution in [0.15, 0.2) is 29.1 Å². The first-order valence-electron chi connectivity index (χ1n) is 5.16. The third-order valence-corrected chi connectivity index (χ3v) is 2.12. The van der Waals surface area contributed by atoms with E-state index in [9.17, 15) is 9.59 Å². The Morgan fingerprint density at radius 1 is 1.39 bits per heavy atom. The molecule has 1 amide bonds. The quantitative estimate of drug-likeness (QED) is 0.707. The second-order valence-electron chi connectivity index (χ2n) is 3.62. The minimum Gasteiger partial charge on any atom is -0.368 e. The van der Waals surface area contributed by atoms with Crippen LogP contribution in [-0.4, -0.2) is 20.9 Å². The number of benzene rings is 1. The van der Waals surface area contributed by atoms with E-state index in [1.165, 1.54) is 6.92 Å². The zero-order chi connectivity index (χ0) is 13.1. The first kappa shape index (κ1) is 11.8. The van der Waals surface area contributed by atoms with E-state index < -0.39 is 5.69 Å². The molecule has 7 nitrogen and oxygen atoms in total. The lowest BCUT2D eigenvalue weighted by Crippen LogP contribution is -2.15. The van der Waals surface area contributed by atoms with Crippen LogP contribution in [0.3, 0.4) is 0 Å². The molecule has 1 aromatic carbocycles. The first-order chi connectivity index (χ1) is 8.54. The largest absolute Gasteiger partial charge is 0.368 e. The highest BCUT2D eigenvalue weighted by Crippen LogP contribution is 2.18. The number of nitrogens with zero attached hydrogens (tertiary/aromatic N) is 2. The number of aromatic nitrogens is 3. The summed E-state index contributed by atoms with van der Waals surface area (Å²) in [7, 11) is 0. The monoisotopic (exact) mass is 245 g/mol. The number of carbonyl (C=O) groups excluding carboxylic acids is 1. The lowest BCUT2D eigenvalue weighted by Gasteiger charge is -2.05. The van der Waals surface area contributed by atoms with Gasteiger partial charge in [0.2, 0.25) is 11.9 Å². The lowest BCUT2D eigenvalue weighted by atomic mass is 10.2. The van der Waals surface area contributed by atoms with Crippen molar-refractivity contribution in [1.82, 2.24) is 15.0 Å². The molecule has 4 N–H and O–H groups in total. The summed E-state index contributed by atoms with van der Waals surface area (Å²) in [4.78, 5) is 32.0. The molecule has 0 unspecified atom stereocenters. The van der Waals surface area contributed by atoms with E-state index >= 15 is 0 Å². The van der Waals surface area contributed by atoms with Crippen LogP contribution in [-0.2, 0) is 4.79 Å². The molecule has 7 heteroatoms. The van der Waals surface area contributed by atoms with Crippen molar-refractivity contribution in [3.05, 3.63) is 34.7 Å². The number of hydrogen-bond donors (Lipinski definition) is 3. The maximum atomic E-state index is 11.2. The maximum Gasteiger partial charge on any atom is 0.349 e. The summed E-state index contributed by atoms with van der Waals surface area (Å²) >= 11 is 0. The minimum absolute atomic E-state index is 0.0984. The molecular weight excluding hydrogens is 234 g/mol. The van der Waals surface area contributed by atoms with Gasteiger partial charge >= 0.3 is 5.69 Å². The van der Waals surface area contributed by atoms with Gasteiger partial charge in [-0.05, 0) is 12.1 Å². The van der Waals surface area contributed by atoms with Crippen molar-refractivity contribution < 1.29 is 4.79 Å². The zero-order valence-electron chi connectivity index (χ0n) is 9.60. The summed E-state index contributed by atoms with van der Waals surface area (Å²) in [6, 6.07) is 6.88. The van der Waals surface area contributed by atoms with Crippen molar-refractivity contribution in [3.63, 3.8) is 0 Å². The molecule has 0 fully saturated rings. The van der Waals surface area contributed by atoms with Crippen molar-refractivity contribution in [2.24, 2.45) is 0 Å². The second kappa shape index (κ2) is 4.66. The predicted octanol–water partition coefficient (Wildman–Crippen LogP) is 0.372. The summed E-state index contributed by atoms with van der Waals surface area (Å²) in [6.07, 6.45) is 0. The van der Waals surface area contributed by atoms with Crippen molar-refractivity contribution in [1.29, 1.82) is 0 Å². The number of nitrogens with two attached hydrogens (primary N) is 1. The summed E-state index contributed by atoms with van der Waals surface area (Å²) in [5, 5.41) is 2.64. The fraction of sp³-hybridized carbons (Fsp3) is 0.0909. The third-order valence-electron chi connectivity index (χ3n) is 2.12. The molecule has 2 aromatic rings. The van der Waals surface area contributed by atoms with E-state index in [-0.39, 0.29) is 11.9 Å². The van der Waals surface area contributed by atoms with E-state index in [1.807, 2.05) is 0 Å². The second-order valence-corrected chi connectivity index (χ2v) is 3.62.